The van der Waals surface area contributed by atoms with Crippen molar-refractivity contribution in [2.45, 2.75) is 62.4 Å². The molecule has 43 heavy (non-hydrogen) atoms. The molecule has 1 atom stereocenters. The van der Waals surface area contributed by atoms with Crippen molar-refractivity contribution in [1.82, 2.24) is 4.31 Å². The summed E-state index contributed by atoms with van der Waals surface area (Å²) in [6.45, 7) is 0.994. The smallest absolute Gasteiger partial charge is 0.335 e. The van der Waals surface area contributed by atoms with Crippen LogP contribution in [0.3, 0.4) is 0 Å². The summed E-state index contributed by atoms with van der Waals surface area (Å²) in [4.78, 5) is 24.2. The Morgan fingerprint density at radius 1 is 0.837 bits per heavy atom. The monoisotopic (exact) mass is 624 g/mol. The fraction of sp³-hybridized carbons (Fsp3) is 0.333. The standard InChI is InChI=1S/C30H29F5N2O5S/c1-17(36(2)43(41,42)28-26(34)24(32)23(31)25(33)27(28)35)29(38)37(22-14-12-21(13-15-22)30(39)40)16-18-8-10-20(11-9-18)19-6-4-3-5-7-19/h8-15,17,19H,3-7,16H2,1-2H3,(H,39,40)/t17-/m0/s1. The van der Waals surface area contributed by atoms with Gasteiger partial charge < -0.3 is 10.0 Å². The molecule has 0 saturated heterocycles. The molecule has 1 fully saturated rings. The van der Waals surface area contributed by atoms with Gasteiger partial charge in [0.15, 0.2) is 28.2 Å². The molecule has 1 saturated carbocycles. The summed E-state index contributed by atoms with van der Waals surface area (Å²) in [6.07, 6.45) is 5.61. The fourth-order valence-electron chi connectivity index (χ4n) is 5.14. The number of rotatable bonds is 9. The van der Waals surface area contributed by atoms with E-state index in [9.17, 15) is 45.1 Å². The van der Waals surface area contributed by atoms with Gasteiger partial charge in [-0.25, -0.2) is 35.2 Å². The molecular formula is C30H29F5N2O5S. The lowest BCUT2D eigenvalue weighted by atomic mass is 9.84. The Balaban J connectivity index is 1.68. The number of halogens is 5. The largest absolute Gasteiger partial charge is 0.478 e. The lowest BCUT2D eigenvalue weighted by Crippen LogP contribution is -2.48. The summed E-state index contributed by atoms with van der Waals surface area (Å²) < 4.78 is 96.5. The van der Waals surface area contributed by atoms with E-state index in [4.69, 9.17) is 0 Å². The van der Waals surface area contributed by atoms with Crippen LogP contribution in [0.2, 0.25) is 0 Å². The van der Waals surface area contributed by atoms with Crippen molar-refractivity contribution in [3.8, 4) is 0 Å². The number of anilines is 1. The van der Waals surface area contributed by atoms with Crippen molar-refractivity contribution < 1.29 is 45.1 Å². The number of hydrogen-bond donors (Lipinski definition) is 1. The number of carboxylic acids is 1. The van der Waals surface area contributed by atoms with Gasteiger partial charge in [-0.2, -0.15) is 4.31 Å². The van der Waals surface area contributed by atoms with Crippen LogP contribution in [0.15, 0.2) is 53.4 Å². The highest BCUT2D eigenvalue weighted by molar-refractivity contribution is 7.89. The average molecular weight is 625 g/mol. The fourth-order valence-corrected chi connectivity index (χ4v) is 6.57. The minimum Gasteiger partial charge on any atom is -0.478 e. The van der Waals surface area contributed by atoms with Crippen molar-refractivity contribution in [3.05, 3.63) is 94.3 Å². The molecule has 1 aliphatic rings. The molecule has 0 unspecified atom stereocenters. The van der Waals surface area contributed by atoms with Crippen molar-refractivity contribution >= 4 is 27.6 Å². The normalized spacial score (nSPS) is 15.0. The van der Waals surface area contributed by atoms with Gasteiger partial charge in [-0.3, -0.25) is 4.79 Å². The predicted molar refractivity (Wildman–Crippen MR) is 148 cm³/mol. The number of amides is 1. The Morgan fingerprint density at radius 2 is 1.35 bits per heavy atom. The van der Waals surface area contributed by atoms with Gasteiger partial charge in [0.2, 0.25) is 21.7 Å². The molecule has 3 aromatic rings. The molecule has 13 heteroatoms. The van der Waals surface area contributed by atoms with Crippen LogP contribution < -0.4 is 4.90 Å². The van der Waals surface area contributed by atoms with Crippen molar-refractivity contribution in [2.24, 2.45) is 0 Å². The molecule has 4 rings (SSSR count). The first kappa shape index (κ1) is 32.1. The maximum absolute atomic E-state index is 14.4. The number of likely N-dealkylation sites (N-methyl/N-ethyl adjacent to an activating group) is 1. The minimum atomic E-state index is -5.42. The Morgan fingerprint density at radius 3 is 1.86 bits per heavy atom. The first-order valence-electron chi connectivity index (χ1n) is 13.5. The molecule has 1 amide bonds. The quantitative estimate of drug-likeness (QED) is 0.170. The molecular weight excluding hydrogens is 595 g/mol. The van der Waals surface area contributed by atoms with Crippen LogP contribution in [-0.4, -0.2) is 42.8 Å². The molecule has 0 spiro atoms. The van der Waals surface area contributed by atoms with E-state index in [-0.39, 0.29) is 22.1 Å². The zero-order chi connectivity index (χ0) is 31.6. The van der Waals surface area contributed by atoms with Gasteiger partial charge in [0.25, 0.3) is 0 Å². The topological polar surface area (TPSA) is 95.0 Å². The number of hydrogen-bond acceptors (Lipinski definition) is 4. The number of carbonyl (C=O) groups is 2. The van der Waals surface area contributed by atoms with Crippen LogP contribution in [0.1, 0.15) is 66.4 Å². The highest BCUT2D eigenvalue weighted by Crippen LogP contribution is 2.33. The first-order chi connectivity index (χ1) is 20.2. The third-order valence-electron chi connectivity index (χ3n) is 7.80. The molecule has 7 nitrogen and oxygen atoms in total. The molecule has 1 N–H and O–H groups in total. The van der Waals surface area contributed by atoms with Crippen LogP contribution in [0.5, 0.6) is 0 Å². The van der Waals surface area contributed by atoms with E-state index in [1.807, 2.05) is 24.3 Å². The second-order valence-electron chi connectivity index (χ2n) is 10.4. The van der Waals surface area contributed by atoms with Gasteiger partial charge in [0.05, 0.1) is 12.1 Å². The summed E-state index contributed by atoms with van der Waals surface area (Å²) >= 11 is 0. The zero-order valence-corrected chi connectivity index (χ0v) is 24.1. The number of aromatic carboxylic acids is 1. The van der Waals surface area contributed by atoms with E-state index in [1.54, 1.807) is 0 Å². The summed E-state index contributed by atoms with van der Waals surface area (Å²) in [6, 6.07) is 11.0. The second kappa shape index (κ2) is 12.8. The van der Waals surface area contributed by atoms with E-state index in [0.29, 0.717) is 11.5 Å². The summed E-state index contributed by atoms with van der Waals surface area (Å²) in [5.41, 5.74) is 1.90. The highest BCUT2D eigenvalue weighted by Gasteiger charge is 2.40. The van der Waals surface area contributed by atoms with E-state index in [2.05, 4.69) is 0 Å². The number of sulfonamides is 1. The van der Waals surface area contributed by atoms with Gasteiger partial charge in [-0.1, -0.05) is 43.5 Å². The summed E-state index contributed by atoms with van der Waals surface area (Å²) in [5, 5.41) is 9.26. The molecule has 0 bridgehead atoms. The maximum Gasteiger partial charge on any atom is 0.335 e. The third-order valence-corrected chi connectivity index (χ3v) is 9.75. The van der Waals surface area contributed by atoms with Gasteiger partial charge in [0.1, 0.15) is 6.04 Å². The van der Waals surface area contributed by atoms with Gasteiger partial charge >= 0.3 is 5.97 Å². The van der Waals surface area contributed by atoms with Crippen LogP contribution in [0.4, 0.5) is 27.6 Å². The molecule has 0 heterocycles. The number of nitrogens with zero attached hydrogens (tertiary/aromatic N) is 2. The van der Waals surface area contributed by atoms with Crippen LogP contribution in [-0.2, 0) is 21.4 Å². The predicted octanol–water partition coefficient (Wildman–Crippen LogP) is 6.37. The van der Waals surface area contributed by atoms with Crippen molar-refractivity contribution in [2.75, 3.05) is 11.9 Å². The molecule has 0 aliphatic heterocycles. The molecule has 230 valence electrons. The van der Waals surface area contributed by atoms with Crippen molar-refractivity contribution in [3.63, 3.8) is 0 Å². The molecule has 0 radical (unpaired) electrons. The van der Waals surface area contributed by atoms with Crippen molar-refractivity contribution in [1.29, 1.82) is 0 Å². The van der Waals surface area contributed by atoms with Crippen LogP contribution >= 0.6 is 0 Å². The van der Waals surface area contributed by atoms with Gasteiger partial charge in [-0.15, -0.1) is 0 Å². The third kappa shape index (κ3) is 6.42. The Kier molecular flexibility index (Phi) is 9.55. The minimum absolute atomic E-state index is 0.0768. The number of benzene rings is 3. The maximum atomic E-state index is 14.4. The van der Waals surface area contributed by atoms with E-state index in [1.165, 1.54) is 30.7 Å². The zero-order valence-electron chi connectivity index (χ0n) is 23.3. The first-order valence-corrected chi connectivity index (χ1v) is 14.9. The molecule has 3 aromatic carbocycles. The molecule has 0 aromatic heterocycles. The summed E-state index contributed by atoms with van der Waals surface area (Å²) in [7, 11) is -4.64. The number of carbonyl (C=O) groups excluding carboxylic acids is 1. The van der Waals surface area contributed by atoms with Crippen LogP contribution in [0.25, 0.3) is 0 Å². The SMILES string of the molecule is C[C@@H](C(=O)N(Cc1ccc(C2CCCCC2)cc1)c1ccc(C(=O)O)cc1)N(C)S(=O)(=O)c1c(F)c(F)c(F)c(F)c1F. The Labute approximate surface area is 245 Å². The Hall–Kier alpha value is -3.84. The lowest BCUT2D eigenvalue weighted by molar-refractivity contribution is -0.121. The Bertz CT molecular complexity index is 1600. The molecule has 1 aliphatic carbocycles. The second-order valence-corrected chi connectivity index (χ2v) is 12.4. The van der Waals surface area contributed by atoms with E-state index in [0.717, 1.165) is 50.1 Å². The highest BCUT2D eigenvalue weighted by atomic mass is 32.2. The lowest BCUT2D eigenvalue weighted by Gasteiger charge is -2.30. The summed E-state index contributed by atoms with van der Waals surface area (Å²) in [5.74, 6) is -14.2. The average Bonchev–Trinajstić information content (AvgIpc) is 3.01. The van der Waals surface area contributed by atoms with E-state index < -0.39 is 61.9 Å². The number of carboxylic acid groups (broad SMARTS) is 1. The van der Waals surface area contributed by atoms with Gasteiger partial charge in [-0.05, 0) is 61.1 Å². The van der Waals surface area contributed by atoms with Gasteiger partial charge in [0, 0.05) is 12.7 Å². The van der Waals surface area contributed by atoms with E-state index >= 15 is 0 Å². The van der Waals surface area contributed by atoms with Crippen LogP contribution in [0, 0.1) is 29.1 Å².